The summed E-state index contributed by atoms with van der Waals surface area (Å²) in [6.45, 7) is 1.86. The van der Waals surface area contributed by atoms with Gasteiger partial charge in [0.2, 0.25) is 10.0 Å². The lowest BCUT2D eigenvalue weighted by molar-refractivity contribution is -0.0553. The summed E-state index contributed by atoms with van der Waals surface area (Å²) in [4.78, 5) is 6.71. The van der Waals surface area contributed by atoms with Crippen molar-refractivity contribution in [1.29, 1.82) is 0 Å². The maximum atomic E-state index is 13.4. The third kappa shape index (κ3) is 4.89. The van der Waals surface area contributed by atoms with Crippen molar-refractivity contribution >= 4 is 10.0 Å². The number of aliphatic hydroxyl groups excluding tert-OH is 1. The Morgan fingerprint density at radius 3 is 2.37 bits per heavy atom. The second kappa shape index (κ2) is 10.3. The highest BCUT2D eigenvalue weighted by molar-refractivity contribution is 7.89. The lowest BCUT2D eigenvalue weighted by Gasteiger charge is -2.57. The maximum Gasteiger partial charge on any atom is 0.243 e. The van der Waals surface area contributed by atoms with Gasteiger partial charge < -0.3 is 5.11 Å². The molecule has 35 heavy (non-hydrogen) atoms. The molecule has 1 aromatic heterocycles. The van der Waals surface area contributed by atoms with Gasteiger partial charge in [-0.15, -0.1) is 0 Å². The molecule has 0 unspecified atom stereocenters. The van der Waals surface area contributed by atoms with Crippen LogP contribution < -0.4 is 0 Å². The van der Waals surface area contributed by atoms with E-state index >= 15 is 0 Å². The van der Waals surface area contributed by atoms with Gasteiger partial charge in [-0.1, -0.05) is 42.2 Å². The SMILES string of the molecule is O=S(=O)(c1ccccc1)N1CCCCN2[C@@H](CO)[C@H](c3ccc(C#Cc4cccnc4)cc3)[C@@H]2C1. The van der Waals surface area contributed by atoms with E-state index in [-0.39, 0.29) is 24.6 Å². The monoisotopic (exact) mass is 487 g/mol. The van der Waals surface area contributed by atoms with Crippen molar-refractivity contribution in [2.75, 3.05) is 26.2 Å². The average Bonchev–Trinajstić information content (AvgIpc) is 2.88. The molecule has 3 heterocycles. The number of sulfonamides is 1. The topological polar surface area (TPSA) is 73.7 Å². The van der Waals surface area contributed by atoms with Crippen molar-refractivity contribution in [3.63, 3.8) is 0 Å². The Morgan fingerprint density at radius 1 is 0.914 bits per heavy atom. The fourth-order valence-corrected chi connectivity index (χ4v) is 6.76. The van der Waals surface area contributed by atoms with Gasteiger partial charge in [-0.3, -0.25) is 9.88 Å². The van der Waals surface area contributed by atoms with Gasteiger partial charge in [0.25, 0.3) is 0 Å². The Bertz CT molecular complexity index is 1300. The third-order valence-electron chi connectivity index (χ3n) is 7.02. The Morgan fingerprint density at radius 2 is 1.66 bits per heavy atom. The summed E-state index contributed by atoms with van der Waals surface area (Å²) < 4.78 is 28.4. The van der Waals surface area contributed by atoms with Gasteiger partial charge >= 0.3 is 0 Å². The smallest absolute Gasteiger partial charge is 0.243 e. The number of rotatable bonds is 4. The van der Waals surface area contributed by atoms with Crippen LogP contribution in [-0.2, 0) is 10.0 Å². The normalized spacial score (nSPS) is 23.2. The Hall–Kier alpha value is -3.02. The van der Waals surface area contributed by atoms with Crippen LogP contribution in [0.1, 0.15) is 35.4 Å². The van der Waals surface area contributed by atoms with E-state index in [9.17, 15) is 13.5 Å². The Labute approximate surface area is 207 Å². The van der Waals surface area contributed by atoms with Crippen LogP contribution in [0.5, 0.6) is 0 Å². The van der Waals surface area contributed by atoms with Gasteiger partial charge in [-0.25, -0.2) is 8.42 Å². The van der Waals surface area contributed by atoms with Crippen LogP contribution in [0.3, 0.4) is 0 Å². The average molecular weight is 488 g/mol. The van der Waals surface area contributed by atoms with E-state index in [1.165, 1.54) is 0 Å². The lowest BCUT2D eigenvalue weighted by Crippen LogP contribution is -2.67. The molecule has 0 radical (unpaired) electrons. The molecule has 2 fully saturated rings. The Balaban J connectivity index is 1.38. The number of hydrogen-bond acceptors (Lipinski definition) is 5. The zero-order valence-corrected chi connectivity index (χ0v) is 20.3. The number of fused-ring (bicyclic) bond motifs is 1. The minimum Gasteiger partial charge on any atom is -0.395 e. The fraction of sp³-hybridized carbons (Fsp3) is 0.321. The first kappa shape index (κ1) is 23.7. The zero-order chi connectivity index (χ0) is 24.3. The predicted molar refractivity (Wildman–Crippen MR) is 135 cm³/mol. The number of nitrogens with zero attached hydrogens (tertiary/aromatic N) is 3. The highest BCUT2D eigenvalue weighted by Gasteiger charge is 2.50. The van der Waals surface area contributed by atoms with Crippen LogP contribution in [0.4, 0.5) is 0 Å². The minimum atomic E-state index is -3.57. The highest BCUT2D eigenvalue weighted by atomic mass is 32.2. The first-order chi connectivity index (χ1) is 17.1. The van der Waals surface area contributed by atoms with Crippen LogP contribution in [-0.4, -0.2) is 66.0 Å². The molecule has 2 aliphatic rings. The van der Waals surface area contributed by atoms with E-state index < -0.39 is 10.0 Å². The standard InChI is InChI=1S/C28H29N3O3S/c32-21-27-28(24-14-12-22(13-15-24)10-11-23-7-6-16-29-19-23)26-20-30(17-4-5-18-31(26)27)35(33,34)25-8-2-1-3-9-25/h1-3,6-9,12-16,19,26-28,32H,4-5,17-18,20-21H2/t26-,27-,28+/m0/s1. The molecular formula is C28H29N3O3S. The van der Waals surface area contributed by atoms with Crippen LogP contribution in [0, 0.1) is 11.8 Å². The molecule has 0 spiro atoms. The van der Waals surface area contributed by atoms with Gasteiger partial charge in [0.1, 0.15) is 0 Å². The summed E-state index contributed by atoms with van der Waals surface area (Å²) in [5.41, 5.74) is 2.87. The highest BCUT2D eigenvalue weighted by Crippen LogP contribution is 2.42. The quantitative estimate of drug-likeness (QED) is 0.573. The molecule has 0 saturated carbocycles. The summed E-state index contributed by atoms with van der Waals surface area (Å²) in [6, 6.07) is 20.6. The molecule has 6 nitrogen and oxygen atoms in total. The summed E-state index contributed by atoms with van der Waals surface area (Å²) in [7, 11) is -3.57. The summed E-state index contributed by atoms with van der Waals surface area (Å²) in [5.74, 6) is 6.35. The van der Waals surface area contributed by atoms with E-state index in [1.807, 2.05) is 30.3 Å². The first-order valence-corrected chi connectivity index (χ1v) is 13.5. The van der Waals surface area contributed by atoms with Gasteiger partial charge in [0, 0.05) is 54.6 Å². The fourth-order valence-electron chi connectivity index (χ4n) is 5.24. The van der Waals surface area contributed by atoms with Crippen molar-refractivity contribution < 1.29 is 13.5 Å². The van der Waals surface area contributed by atoms with Gasteiger partial charge in [-0.05, 0) is 61.3 Å². The second-order valence-electron chi connectivity index (χ2n) is 9.08. The lowest BCUT2D eigenvalue weighted by atomic mass is 9.74. The summed E-state index contributed by atoms with van der Waals surface area (Å²) in [6.07, 6.45) is 5.17. The van der Waals surface area contributed by atoms with Crippen LogP contribution in [0.25, 0.3) is 0 Å². The predicted octanol–water partition coefficient (Wildman–Crippen LogP) is 3.09. The summed E-state index contributed by atoms with van der Waals surface area (Å²) in [5, 5.41) is 10.2. The Kier molecular flexibility index (Phi) is 6.98. The van der Waals surface area contributed by atoms with E-state index in [4.69, 9.17) is 0 Å². The molecule has 1 N–H and O–H groups in total. The summed E-state index contributed by atoms with van der Waals surface area (Å²) >= 11 is 0. The van der Waals surface area contributed by atoms with E-state index in [0.717, 1.165) is 36.1 Å². The minimum absolute atomic E-state index is 0.00768. The second-order valence-corrected chi connectivity index (χ2v) is 11.0. The molecule has 0 amide bonds. The molecular weight excluding hydrogens is 458 g/mol. The van der Waals surface area contributed by atoms with Crippen molar-refractivity contribution in [1.82, 2.24) is 14.2 Å². The molecule has 0 bridgehead atoms. The van der Waals surface area contributed by atoms with Crippen LogP contribution in [0.2, 0.25) is 0 Å². The molecule has 0 aliphatic carbocycles. The number of aromatic nitrogens is 1. The molecule has 3 atom stereocenters. The third-order valence-corrected chi connectivity index (χ3v) is 8.90. The molecule has 2 aliphatic heterocycles. The largest absolute Gasteiger partial charge is 0.395 e. The zero-order valence-electron chi connectivity index (χ0n) is 19.5. The van der Waals surface area contributed by atoms with Crippen molar-refractivity contribution in [3.05, 3.63) is 95.8 Å². The maximum absolute atomic E-state index is 13.4. The van der Waals surface area contributed by atoms with Crippen LogP contribution >= 0.6 is 0 Å². The van der Waals surface area contributed by atoms with E-state index in [0.29, 0.717) is 18.0 Å². The first-order valence-electron chi connectivity index (χ1n) is 12.0. The molecule has 2 saturated heterocycles. The number of hydrogen-bond donors (Lipinski definition) is 1. The van der Waals surface area contributed by atoms with Crippen molar-refractivity contribution in [3.8, 4) is 11.8 Å². The molecule has 2 aromatic carbocycles. The van der Waals surface area contributed by atoms with Crippen molar-refractivity contribution in [2.24, 2.45) is 0 Å². The van der Waals surface area contributed by atoms with E-state index in [2.05, 4.69) is 33.9 Å². The molecule has 7 heteroatoms. The number of pyridine rings is 1. The van der Waals surface area contributed by atoms with E-state index in [1.54, 1.807) is 41.0 Å². The molecule has 5 rings (SSSR count). The molecule has 3 aromatic rings. The van der Waals surface area contributed by atoms with Gasteiger partial charge in [-0.2, -0.15) is 4.31 Å². The van der Waals surface area contributed by atoms with Crippen molar-refractivity contribution in [2.45, 2.75) is 35.7 Å². The van der Waals surface area contributed by atoms with Crippen LogP contribution in [0.15, 0.2) is 84.0 Å². The van der Waals surface area contributed by atoms with Gasteiger partial charge in [0.15, 0.2) is 0 Å². The number of aliphatic hydroxyl groups is 1. The van der Waals surface area contributed by atoms with Gasteiger partial charge in [0.05, 0.1) is 11.5 Å². The number of benzene rings is 2. The molecule has 180 valence electrons.